The minimum atomic E-state index is 0.573. The van der Waals surface area contributed by atoms with Crippen LogP contribution in [-0.2, 0) is 6.54 Å². The molecule has 0 unspecified atom stereocenters. The van der Waals surface area contributed by atoms with E-state index in [-0.39, 0.29) is 0 Å². The SMILES string of the molecule is Clc1cc(Br)cc(Cl)c1-n1ccc(CNC2CC2)n1. The van der Waals surface area contributed by atoms with Crippen LogP contribution in [0.15, 0.2) is 28.9 Å². The molecule has 1 aliphatic rings. The largest absolute Gasteiger partial charge is 0.308 e. The first kappa shape index (κ1) is 13.4. The van der Waals surface area contributed by atoms with Gasteiger partial charge >= 0.3 is 0 Å². The Balaban J connectivity index is 1.85. The molecule has 0 atom stereocenters. The second-order valence-electron chi connectivity index (χ2n) is 4.62. The van der Waals surface area contributed by atoms with E-state index >= 15 is 0 Å². The summed E-state index contributed by atoms with van der Waals surface area (Å²) in [5, 5.41) is 9.07. The first-order valence-electron chi connectivity index (χ1n) is 6.06. The van der Waals surface area contributed by atoms with Crippen LogP contribution in [0.25, 0.3) is 5.69 Å². The highest BCUT2D eigenvalue weighted by Gasteiger charge is 2.20. The summed E-state index contributed by atoms with van der Waals surface area (Å²) in [5.41, 5.74) is 1.70. The van der Waals surface area contributed by atoms with Crippen LogP contribution in [0.3, 0.4) is 0 Å². The van der Waals surface area contributed by atoms with Gasteiger partial charge in [0.05, 0.1) is 15.7 Å². The molecule has 2 aromatic rings. The first-order valence-corrected chi connectivity index (χ1v) is 7.61. The minimum Gasteiger partial charge on any atom is -0.308 e. The van der Waals surface area contributed by atoms with Crippen molar-refractivity contribution in [2.75, 3.05) is 0 Å². The molecule has 1 heterocycles. The smallest absolute Gasteiger partial charge is 0.102 e. The van der Waals surface area contributed by atoms with Crippen molar-refractivity contribution < 1.29 is 0 Å². The topological polar surface area (TPSA) is 29.9 Å². The van der Waals surface area contributed by atoms with Crippen molar-refractivity contribution in [3.8, 4) is 5.69 Å². The second-order valence-corrected chi connectivity index (χ2v) is 6.35. The second kappa shape index (κ2) is 5.44. The monoisotopic (exact) mass is 359 g/mol. The Morgan fingerprint density at radius 2 is 2.00 bits per heavy atom. The molecule has 1 aliphatic carbocycles. The molecule has 1 N–H and O–H groups in total. The van der Waals surface area contributed by atoms with Gasteiger partial charge in [0.25, 0.3) is 0 Å². The van der Waals surface area contributed by atoms with E-state index in [1.165, 1.54) is 12.8 Å². The predicted molar refractivity (Wildman–Crippen MR) is 81.1 cm³/mol. The molecule has 0 spiro atoms. The number of hydrogen-bond donors (Lipinski definition) is 1. The summed E-state index contributed by atoms with van der Waals surface area (Å²) in [6, 6.07) is 6.27. The molecule has 1 saturated carbocycles. The molecule has 0 saturated heterocycles. The fourth-order valence-corrected chi connectivity index (χ4v) is 3.25. The molecular weight excluding hydrogens is 349 g/mol. The van der Waals surface area contributed by atoms with Crippen LogP contribution < -0.4 is 5.32 Å². The third-order valence-electron chi connectivity index (χ3n) is 3.00. The fourth-order valence-electron chi connectivity index (χ4n) is 1.87. The summed E-state index contributed by atoms with van der Waals surface area (Å²) in [6.07, 6.45) is 4.42. The van der Waals surface area contributed by atoms with E-state index in [1.54, 1.807) is 4.68 Å². The minimum absolute atomic E-state index is 0.573. The van der Waals surface area contributed by atoms with Crippen molar-refractivity contribution in [2.45, 2.75) is 25.4 Å². The standard InChI is InChI=1S/C13H12BrCl2N3/c14-8-5-11(15)13(12(16)6-8)19-4-3-10(18-19)7-17-9-1-2-9/h3-6,9,17H,1-2,7H2. The zero-order chi connectivity index (χ0) is 13.4. The molecular formula is C13H12BrCl2N3. The molecule has 19 heavy (non-hydrogen) atoms. The lowest BCUT2D eigenvalue weighted by atomic mass is 10.3. The van der Waals surface area contributed by atoms with Crippen molar-refractivity contribution in [1.82, 2.24) is 15.1 Å². The summed E-state index contributed by atoms with van der Waals surface area (Å²) >= 11 is 15.8. The highest BCUT2D eigenvalue weighted by atomic mass is 79.9. The Kier molecular flexibility index (Phi) is 3.85. The van der Waals surface area contributed by atoms with Crippen LogP contribution in [0.4, 0.5) is 0 Å². The summed E-state index contributed by atoms with van der Waals surface area (Å²) in [6.45, 7) is 0.781. The number of rotatable bonds is 4. The van der Waals surface area contributed by atoms with Crippen molar-refractivity contribution >= 4 is 39.1 Å². The summed E-state index contributed by atoms with van der Waals surface area (Å²) in [7, 11) is 0. The van der Waals surface area contributed by atoms with E-state index in [9.17, 15) is 0 Å². The average molecular weight is 361 g/mol. The molecule has 0 bridgehead atoms. The van der Waals surface area contributed by atoms with Crippen LogP contribution in [-0.4, -0.2) is 15.8 Å². The number of hydrogen-bond acceptors (Lipinski definition) is 2. The third-order valence-corrected chi connectivity index (χ3v) is 4.04. The molecule has 1 aromatic heterocycles. The van der Waals surface area contributed by atoms with Gasteiger partial charge in [0, 0.05) is 23.3 Å². The Labute approximate surface area is 130 Å². The molecule has 1 fully saturated rings. The Morgan fingerprint density at radius 3 is 2.63 bits per heavy atom. The first-order chi connectivity index (χ1) is 9.13. The lowest BCUT2D eigenvalue weighted by molar-refractivity contribution is 0.665. The van der Waals surface area contributed by atoms with Gasteiger partial charge in [-0.1, -0.05) is 39.1 Å². The van der Waals surface area contributed by atoms with E-state index in [0.717, 1.165) is 16.7 Å². The van der Waals surface area contributed by atoms with Gasteiger partial charge in [0.2, 0.25) is 0 Å². The molecule has 3 nitrogen and oxygen atoms in total. The van der Waals surface area contributed by atoms with Gasteiger partial charge in [-0.15, -0.1) is 0 Å². The normalized spacial score (nSPS) is 14.9. The van der Waals surface area contributed by atoms with Gasteiger partial charge in [0.15, 0.2) is 0 Å². The lowest BCUT2D eigenvalue weighted by Gasteiger charge is -2.07. The summed E-state index contributed by atoms with van der Waals surface area (Å²) in [4.78, 5) is 0. The van der Waals surface area contributed by atoms with Crippen LogP contribution in [0.1, 0.15) is 18.5 Å². The van der Waals surface area contributed by atoms with Crippen molar-refractivity contribution in [2.24, 2.45) is 0 Å². The van der Waals surface area contributed by atoms with Gasteiger partial charge in [0.1, 0.15) is 5.69 Å². The molecule has 6 heteroatoms. The molecule has 3 rings (SSSR count). The van der Waals surface area contributed by atoms with E-state index < -0.39 is 0 Å². The molecule has 1 aromatic carbocycles. The van der Waals surface area contributed by atoms with Crippen LogP contribution in [0.2, 0.25) is 10.0 Å². The van der Waals surface area contributed by atoms with Crippen molar-refractivity contribution in [1.29, 1.82) is 0 Å². The van der Waals surface area contributed by atoms with Crippen LogP contribution in [0.5, 0.6) is 0 Å². The number of aromatic nitrogens is 2. The molecule has 0 radical (unpaired) electrons. The highest BCUT2D eigenvalue weighted by molar-refractivity contribution is 9.10. The van der Waals surface area contributed by atoms with Crippen LogP contribution >= 0.6 is 39.1 Å². The predicted octanol–water partition coefficient (Wildman–Crippen LogP) is 4.19. The van der Waals surface area contributed by atoms with E-state index in [2.05, 4.69) is 26.3 Å². The van der Waals surface area contributed by atoms with Crippen molar-refractivity contribution in [3.05, 3.63) is 44.6 Å². The lowest BCUT2D eigenvalue weighted by Crippen LogP contribution is -2.15. The zero-order valence-electron chi connectivity index (χ0n) is 10.0. The number of halogens is 3. The molecule has 0 aliphatic heterocycles. The van der Waals surface area contributed by atoms with Gasteiger partial charge in [-0.3, -0.25) is 0 Å². The fraction of sp³-hybridized carbons (Fsp3) is 0.308. The maximum atomic E-state index is 6.23. The van der Waals surface area contributed by atoms with Gasteiger partial charge in [-0.05, 0) is 31.0 Å². The number of nitrogens with zero attached hydrogens (tertiary/aromatic N) is 2. The average Bonchev–Trinajstić information content (AvgIpc) is 3.05. The van der Waals surface area contributed by atoms with E-state index in [0.29, 0.717) is 21.8 Å². The Hall–Kier alpha value is -0.550. The maximum Gasteiger partial charge on any atom is 0.102 e. The summed E-state index contributed by atoms with van der Waals surface area (Å²) < 4.78 is 2.58. The van der Waals surface area contributed by atoms with Gasteiger partial charge in [-0.2, -0.15) is 5.10 Å². The van der Waals surface area contributed by atoms with Crippen molar-refractivity contribution in [3.63, 3.8) is 0 Å². The number of benzene rings is 1. The van der Waals surface area contributed by atoms with Crippen LogP contribution in [0, 0.1) is 0 Å². The zero-order valence-corrected chi connectivity index (χ0v) is 13.1. The highest BCUT2D eigenvalue weighted by Crippen LogP contribution is 2.32. The van der Waals surface area contributed by atoms with E-state index in [1.807, 2.05) is 24.4 Å². The summed E-state index contributed by atoms with van der Waals surface area (Å²) in [5.74, 6) is 0. The Bertz CT molecular complexity index is 585. The van der Waals surface area contributed by atoms with Gasteiger partial charge < -0.3 is 5.32 Å². The quantitative estimate of drug-likeness (QED) is 0.885. The molecule has 100 valence electrons. The van der Waals surface area contributed by atoms with E-state index in [4.69, 9.17) is 23.2 Å². The Morgan fingerprint density at radius 1 is 1.32 bits per heavy atom. The third kappa shape index (κ3) is 3.14. The number of nitrogens with one attached hydrogen (secondary N) is 1. The van der Waals surface area contributed by atoms with Gasteiger partial charge in [-0.25, -0.2) is 4.68 Å². The molecule has 0 amide bonds. The maximum absolute atomic E-state index is 6.23.